The van der Waals surface area contributed by atoms with Crippen LogP contribution in [0.5, 0.6) is 5.75 Å². The first-order valence-corrected chi connectivity index (χ1v) is 10.1. The predicted octanol–water partition coefficient (Wildman–Crippen LogP) is 6.65. The standard InChI is InChI=1S/C23H19Cl2FN2O.ClH/c24-19-13-20(25)23(29)22-18(19)8-7-17(27-22)6-5-15-9-11-28(12-10-15)14-16-3-1-2-4-21(16)26;/h1-9,13,29H,10-12,14H2;1H/b6-5+;. The van der Waals surface area contributed by atoms with Crippen molar-refractivity contribution in [1.29, 1.82) is 0 Å². The molecule has 1 aromatic heterocycles. The molecule has 0 fully saturated rings. The van der Waals surface area contributed by atoms with Gasteiger partial charge in [-0.15, -0.1) is 12.4 Å². The fraction of sp³-hybridized carbons (Fsp3) is 0.174. The van der Waals surface area contributed by atoms with Crippen LogP contribution in [0.2, 0.25) is 10.0 Å². The number of phenols is 1. The fourth-order valence-electron chi connectivity index (χ4n) is 3.39. The monoisotopic (exact) mass is 464 g/mol. The van der Waals surface area contributed by atoms with Crippen molar-refractivity contribution in [3.8, 4) is 5.75 Å². The molecule has 1 aliphatic heterocycles. The van der Waals surface area contributed by atoms with E-state index in [0.717, 1.165) is 25.1 Å². The van der Waals surface area contributed by atoms with Crippen LogP contribution in [0.4, 0.5) is 4.39 Å². The molecule has 2 aromatic carbocycles. The topological polar surface area (TPSA) is 36.4 Å². The molecule has 0 amide bonds. The van der Waals surface area contributed by atoms with Crippen LogP contribution in [-0.4, -0.2) is 28.1 Å². The summed E-state index contributed by atoms with van der Waals surface area (Å²) >= 11 is 12.2. The smallest absolute Gasteiger partial charge is 0.160 e. The highest BCUT2D eigenvalue weighted by Gasteiger charge is 2.13. The molecule has 0 atom stereocenters. The molecule has 3 nitrogen and oxygen atoms in total. The van der Waals surface area contributed by atoms with Crippen molar-refractivity contribution in [3.05, 3.63) is 87.3 Å². The number of allylic oxidation sites excluding steroid dienone is 1. The zero-order chi connectivity index (χ0) is 20.4. The molecule has 0 aliphatic carbocycles. The van der Waals surface area contributed by atoms with Crippen LogP contribution in [0.1, 0.15) is 17.7 Å². The maximum Gasteiger partial charge on any atom is 0.160 e. The molecule has 156 valence electrons. The van der Waals surface area contributed by atoms with Crippen LogP contribution >= 0.6 is 35.6 Å². The van der Waals surface area contributed by atoms with Gasteiger partial charge in [-0.25, -0.2) is 9.37 Å². The van der Waals surface area contributed by atoms with Crippen molar-refractivity contribution < 1.29 is 9.50 Å². The minimum Gasteiger partial charge on any atom is -0.504 e. The van der Waals surface area contributed by atoms with Crippen molar-refractivity contribution in [2.24, 2.45) is 0 Å². The molecule has 0 spiro atoms. The highest BCUT2D eigenvalue weighted by molar-refractivity contribution is 6.39. The number of rotatable bonds is 4. The molecular formula is C23H20Cl3FN2O. The lowest BCUT2D eigenvalue weighted by molar-refractivity contribution is 0.283. The van der Waals surface area contributed by atoms with E-state index >= 15 is 0 Å². The number of hydrogen-bond acceptors (Lipinski definition) is 3. The molecule has 0 radical (unpaired) electrons. The summed E-state index contributed by atoms with van der Waals surface area (Å²) in [5, 5.41) is 11.5. The number of benzene rings is 2. The van der Waals surface area contributed by atoms with Crippen LogP contribution in [0, 0.1) is 5.82 Å². The first-order valence-electron chi connectivity index (χ1n) is 9.32. The molecule has 1 aliphatic rings. The maximum absolute atomic E-state index is 13.8. The van der Waals surface area contributed by atoms with Crippen molar-refractivity contribution in [2.75, 3.05) is 13.1 Å². The predicted molar refractivity (Wildman–Crippen MR) is 124 cm³/mol. The first-order chi connectivity index (χ1) is 14.0. The van der Waals surface area contributed by atoms with E-state index in [2.05, 4.69) is 16.0 Å². The molecule has 2 heterocycles. The molecule has 1 N–H and O–H groups in total. The highest BCUT2D eigenvalue weighted by atomic mass is 35.5. The summed E-state index contributed by atoms with van der Waals surface area (Å²) in [4.78, 5) is 6.69. The summed E-state index contributed by atoms with van der Waals surface area (Å²) in [5.74, 6) is -0.227. The maximum atomic E-state index is 13.8. The van der Waals surface area contributed by atoms with Gasteiger partial charge in [0.2, 0.25) is 0 Å². The molecule has 0 unspecified atom stereocenters. The van der Waals surface area contributed by atoms with Gasteiger partial charge in [-0.05, 0) is 42.3 Å². The molecular weight excluding hydrogens is 446 g/mol. The van der Waals surface area contributed by atoms with Gasteiger partial charge in [0.1, 0.15) is 11.3 Å². The Balaban J connectivity index is 0.00000256. The van der Waals surface area contributed by atoms with Gasteiger partial charge >= 0.3 is 0 Å². The average molecular weight is 466 g/mol. The number of halogens is 4. The van der Waals surface area contributed by atoms with Crippen molar-refractivity contribution in [3.63, 3.8) is 0 Å². The zero-order valence-electron chi connectivity index (χ0n) is 16.0. The molecule has 0 saturated heterocycles. The molecule has 7 heteroatoms. The van der Waals surface area contributed by atoms with E-state index in [0.29, 0.717) is 28.2 Å². The number of fused-ring (bicyclic) bond motifs is 1. The summed E-state index contributed by atoms with van der Waals surface area (Å²) in [6, 6.07) is 12.1. The number of phenolic OH excluding ortho intramolecular Hbond substituents is 1. The Hall–Kier alpha value is -2.11. The number of aromatic nitrogens is 1. The van der Waals surface area contributed by atoms with Crippen molar-refractivity contribution >= 4 is 52.6 Å². The number of hydrogen-bond donors (Lipinski definition) is 1. The van der Waals surface area contributed by atoms with Gasteiger partial charge in [-0.2, -0.15) is 0 Å². The van der Waals surface area contributed by atoms with Crippen LogP contribution in [-0.2, 0) is 6.54 Å². The minimum absolute atomic E-state index is 0. The van der Waals surface area contributed by atoms with Gasteiger partial charge in [0.25, 0.3) is 0 Å². The number of pyridine rings is 1. The largest absolute Gasteiger partial charge is 0.504 e. The van der Waals surface area contributed by atoms with E-state index in [1.54, 1.807) is 6.07 Å². The third-order valence-electron chi connectivity index (χ3n) is 5.03. The summed E-state index contributed by atoms with van der Waals surface area (Å²) in [5.41, 5.74) is 3.02. The zero-order valence-corrected chi connectivity index (χ0v) is 18.3. The van der Waals surface area contributed by atoms with E-state index in [9.17, 15) is 9.50 Å². The third-order valence-corrected chi connectivity index (χ3v) is 5.63. The van der Waals surface area contributed by atoms with E-state index in [4.69, 9.17) is 23.2 Å². The van der Waals surface area contributed by atoms with E-state index in [1.165, 1.54) is 17.7 Å². The molecule has 3 aromatic rings. The summed E-state index contributed by atoms with van der Waals surface area (Å²) in [6.07, 6.45) is 6.96. The lowest BCUT2D eigenvalue weighted by Crippen LogP contribution is -2.28. The second-order valence-electron chi connectivity index (χ2n) is 7.01. The second kappa shape index (κ2) is 9.80. The number of aromatic hydroxyl groups is 1. The van der Waals surface area contributed by atoms with E-state index in [1.807, 2.05) is 36.4 Å². The van der Waals surface area contributed by atoms with Crippen LogP contribution in [0.25, 0.3) is 17.0 Å². The van der Waals surface area contributed by atoms with Gasteiger partial charge in [0.15, 0.2) is 5.75 Å². The SMILES string of the molecule is Cl.Oc1c(Cl)cc(Cl)c2ccc(/C=C/C3=CCN(Cc4ccccc4F)CC3)nc12. The van der Waals surface area contributed by atoms with E-state index in [-0.39, 0.29) is 29.0 Å². The lowest BCUT2D eigenvalue weighted by atomic mass is 10.1. The Kier molecular flexibility index (Phi) is 7.37. The van der Waals surface area contributed by atoms with Crippen LogP contribution in [0.15, 0.2) is 60.2 Å². The van der Waals surface area contributed by atoms with Gasteiger partial charge in [-0.1, -0.05) is 53.6 Å². The Labute approximate surface area is 190 Å². The quantitative estimate of drug-likeness (QED) is 0.468. The number of nitrogens with zero attached hydrogens (tertiary/aromatic N) is 2. The Bertz CT molecular complexity index is 1130. The molecule has 0 bridgehead atoms. The third kappa shape index (κ3) is 4.96. The minimum atomic E-state index is -0.159. The van der Waals surface area contributed by atoms with Crippen molar-refractivity contribution in [1.82, 2.24) is 9.88 Å². The Morgan fingerprint density at radius 1 is 1.10 bits per heavy atom. The Morgan fingerprint density at radius 2 is 1.90 bits per heavy atom. The highest BCUT2D eigenvalue weighted by Crippen LogP contribution is 2.36. The summed E-state index contributed by atoms with van der Waals surface area (Å²) in [7, 11) is 0. The molecule has 4 rings (SSSR count). The first kappa shape index (κ1) is 22.6. The van der Waals surface area contributed by atoms with Crippen LogP contribution in [0.3, 0.4) is 0 Å². The lowest BCUT2D eigenvalue weighted by Gasteiger charge is -2.25. The average Bonchev–Trinajstić information content (AvgIpc) is 2.73. The van der Waals surface area contributed by atoms with Crippen molar-refractivity contribution in [2.45, 2.75) is 13.0 Å². The molecule has 0 saturated carbocycles. The summed E-state index contributed by atoms with van der Waals surface area (Å²) in [6.45, 7) is 2.24. The Morgan fingerprint density at radius 3 is 2.63 bits per heavy atom. The molecule has 30 heavy (non-hydrogen) atoms. The normalized spacial score (nSPS) is 14.7. The fourth-order valence-corrected chi connectivity index (χ4v) is 3.91. The van der Waals surface area contributed by atoms with Gasteiger partial charge in [0.05, 0.1) is 15.7 Å². The van der Waals surface area contributed by atoms with Gasteiger partial charge in [-0.3, -0.25) is 4.90 Å². The van der Waals surface area contributed by atoms with Gasteiger partial charge in [0, 0.05) is 30.6 Å². The summed E-state index contributed by atoms with van der Waals surface area (Å²) < 4.78 is 13.8. The van der Waals surface area contributed by atoms with Crippen LogP contribution < -0.4 is 0 Å². The second-order valence-corrected chi connectivity index (χ2v) is 7.82. The van der Waals surface area contributed by atoms with Gasteiger partial charge < -0.3 is 5.11 Å². The van der Waals surface area contributed by atoms with E-state index < -0.39 is 0 Å².